The predicted molar refractivity (Wildman–Crippen MR) is 247 cm³/mol. The van der Waals surface area contributed by atoms with Crippen LogP contribution in [0, 0.1) is 11.8 Å². The van der Waals surface area contributed by atoms with Crippen LogP contribution >= 0.6 is 11.8 Å². The molecule has 0 aromatic heterocycles. The number of hydrogen-bond acceptors (Lipinski definition) is 15. The minimum atomic E-state index is -1.68. The Balaban J connectivity index is 6.27. The fourth-order valence-corrected chi connectivity index (χ4v) is 6.72. The van der Waals surface area contributed by atoms with Gasteiger partial charge in [0.15, 0.2) is 0 Å². The van der Waals surface area contributed by atoms with Crippen LogP contribution in [-0.4, -0.2) is 169 Å². The number of carbonyl (C=O) groups is 12. The normalized spacial score (nSPS) is 15.5. The molecule has 0 saturated heterocycles. The number of carboxylic acid groups (broad SMARTS) is 4. The van der Waals surface area contributed by atoms with Crippen LogP contribution in [0.3, 0.4) is 0 Å². The molecular weight excluding hydrogens is 935 g/mol. The van der Waals surface area contributed by atoms with E-state index >= 15 is 0 Å². The van der Waals surface area contributed by atoms with Crippen molar-refractivity contribution in [1.82, 2.24) is 42.5 Å². The lowest BCUT2D eigenvalue weighted by molar-refractivity contribution is -0.143. The van der Waals surface area contributed by atoms with Crippen LogP contribution < -0.4 is 48.3 Å². The molecule has 26 nitrogen and oxygen atoms in total. The van der Waals surface area contributed by atoms with Gasteiger partial charge in [-0.25, -0.2) is 4.79 Å². The monoisotopic (exact) mass is 1010 g/mol. The molecular formula is C42H71N9O17S. The Morgan fingerprint density at radius 1 is 0.435 bits per heavy atom. The molecule has 69 heavy (non-hydrogen) atoms. The minimum Gasteiger partial charge on any atom is -0.481 e. The van der Waals surface area contributed by atoms with Crippen LogP contribution in [0.1, 0.15) is 106 Å². The summed E-state index contributed by atoms with van der Waals surface area (Å²) in [6.45, 7) is 10.6. The van der Waals surface area contributed by atoms with E-state index in [4.69, 9.17) is 5.73 Å². The lowest BCUT2D eigenvalue weighted by Gasteiger charge is -2.27. The summed E-state index contributed by atoms with van der Waals surface area (Å²) in [7, 11) is 0. The number of hydrogen-bond donors (Lipinski definition) is 14. The molecule has 392 valence electrons. The van der Waals surface area contributed by atoms with Crippen molar-refractivity contribution in [2.75, 3.05) is 12.0 Å². The molecule has 0 heterocycles. The van der Waals surface area contributed by atoms with E-state index in [1.807, 2.05) is 13.8 Å². The maximum Gasteiger partial charge on any atom is 0.326 e. The van der Waals surface area contributed by atoms with E-state index in [-0.39, 0.29) is 36.9 Å². The first-order chi connectivity index (χ1) is 32.0. The van der Waals surface area contributed by atoms with Gasteiger partial charge < -0.3 is 73.8 Å². The third-order valence-electron chi connectivity index (χ3n) is 10.0. The zero-order chi connectivity index (χ0) is 53.3. The molecule has 0 rings (SSSR count). The van der Waals surface area contributed by atoms with E-state index in [1.54, 1.807) is 20.1 Å². The second kappa shape index (κ2) is 31.9. The molecule has 0 aromatic carbocycles. The summed E-state index contributed by atoms with van der Waals surface area (Å²) in [5.41, 5.74) is 5.88. The Morgan fingerprint density at radius 2 is 0.768 bits per heavy atom. The number of nitrogens with one attached hydrogen (secondary N) is 8. The summed E-state index contributed by atoms with van der Waals surface area (Å²) in [5.74, 6) is -13.4. The van der Waals surface area contributed by atoms with Gasteiger partial charge in [0.2, 0.25) is 47.3 Å². The fourth-order valence-electron chi connectivity index (χ4n) is 6.25. The Bertz CT molecular complexity index is 1820. The summed E-state index contributed by atoms with van der Waals surface area (Å²) < 4.78 is 0. The lowest BCUT2D eigenvalue weighted by atomic mass is 10.0. The molecule has 8 amide bonds. The highest BCUT2D eigenvalue weighted by atomic mass is 32.2. The topological polar surface area (TPSA) is 428 Å². The van der Waals surface area contributed by atoms with Crippen molar-refractivity contribution in [2.24, 2.45) is 17.6 Å². The number of nitrogens with two attached hydrogens (primary N) is 1. The van der Waals surface area contributed by atoms with Crippen molar-refractivity contribution in [3.8, 4) is 0 Å². The summed E-state index contributed by atoms with van der Waals surface area (Å²) in [6, 6.07) is -13.3. The molecule has 0 spiro atoms. The van der Waals surface area contributed by atoms with E-state index in [0.717, 1.165) is 6.92 Å². The average molecular weight is 1010 g/mol. The first-order valence-electron chi connectivity index (χ1n) is 22.2. The van der Waals surface area contributed by atoms with Gasteiger partial charge in [-0.2, -0.15) is 11.8 Å². The highest BCUT2D eigenvalue weighted by Gasteiger charge is 2.35. The van der Waals surface area contributed by atoms with Crippen molar-refractivity contribution in [3.05, 3.63) is 0 Å². The van der Waals surface area contributed by atoms with Gasteiger partial charge in [-0.15, -0.1) is 0 Å². The molecule has 0 saturated carbocycles. The highest BCUT2D eigenvalue weighted by Crippen LogP contribution is 2.10. The average Bonchev–Trinajstić information content (AvgIpc) is 3.23. The molecule has 0 aliphatic heterocycles. The van der Waals surface area contributed by atoms with Crippen LogP contribution in [0.2, 0.25) is 0 Å². The summed E-state index contributed by atoms with van der Waals surface area (Å²) >= 11 is 1.25. The molecule has 0 bridgehead atoms. The number of rotatable bonds is 34. The van der Waals surface area contributed by atoms with Gasteiger partial charge in [-0.05, 0) is 83.1 Å². The molecule has 10 atom stereocenters. The molecule has 0 aromatic rings. The number of carbonyl (C=O) groups excluding carboxylic acids is 8. The first kappa shape index (κ1) is 62.9. The SMILES string of the molecule is CSCC[C@H](NC(=O)[C@H](CCC(=O)O)NC(=O)[C@H](C)NC(=O)[C@H](CCC(=O)O)NC(=O)[C@H](C)NC(=O)[C@@H](NC(=O)[C@@H](N)CC(C)C)[C@@H](C)O)C(=O)N[C@@H](CCC(=O)O)C(=O)N[C@@H](CC(C)C)C(=O)O. The van der Waals surface area contributed by atoms with Crippen LogP contribution in [0.25, 0.3) is 0 Å². The molecule has 0 unspecified atom stereocenters. The second-order valence-electron chi connectivity index (χ2n) is 17.3. The van der Waals surface area contributed by atoms with Gasteiger partial charge in [-0.1, -0.05) is 27.7 Å². The van der Waals surface area contributed by atoms with Crippen LogP contribution in [-0.2, 0) is 57.5 Å². The van der Waals surface area contributed by atoms with Crippen LogP contribution in [0.5, 0.6) is 0 Å². The number of carboxylic acids is 4. The Hall–Kier alpha value is -6.09. The van der Waals surface area contributed by atoms with Gasteiger partial charge >= 0.3 is 23.9 Å². The predicted octanol–water partition coefficient (Wildman–Crippen LogP) is -2.86. The van der Waals surface area contributed by atoms with Crippen molar-refractivity contribution in [1.29, 1.82) is 0 Å². The zero-order valence-corrected chi connectivity index (χ0v) is 40.9. The van der Waals surface area contributed by atoms with Crippen molar-refractivity contribution < 1.29 is 83.1 Å². The van der Waals surface area contributed by atoms with E-state index in [1.165, 1.54) is 25.6 Å². The quantitative estimate of drug-likeness (QED) is 0.0308. The first-order valence-corrected chi connectivity index (χ1v) is 23.6. The molecule has 0 aliphatic carbocycles. The summed E-state index contributed by atoms with van der Waals surface area (Å²) in [6.07, 6.45) is -3.12. The number of aliphatic hydroxyl groups excluding tert-OH is 1. The standard InChI is InChI=1S/C42H71N9O17S/c1-19(2)17-24(43)36(61)51-33(23(7)52)41(66)45-22(6)35(60)46-25(9-12-30(53)54)37(62)44-21(5)34(59)47-26(10-13-31(55)56)38(63)49-28(15-16-69-8)40(65)48-27(11-14-32(57)58)39(64)50-29(42(67)68)18-20(3)4/h19-29,33,52H,9-18,43H2,1-8H3,(H,44,62)(H,45,66)(H,46,60)(H,47,59)(H,48,65)(H,49,63)(H,50,64)(H,51,61)(H,53,54)(H,55,56)(H,57,58)(H,67,68)/t21-,22-,23+,24-,25-,26-,27-,28-,29-,33-/m0/s1. The Kier molecular flexibility index (Phi) is 29.0. The van der Waals surface area contributed by atoms with Crippen LogP contribution in [0.4, 0.5) is 0 Å². The molecule has 0 aliphatic rings. The van der Waals surface area contributed by atoms with Gasteiger partial charge in [0.1, 0.15) is 48.3 Å². The van der Waals surface area contributed by atoms with Crippen LogP contribution in [0.15, 0.2) is 0 Å². The van der Waals surface area contributed by atoms with Gasteiger partial charge in [-0.3, -0.25) is 52.7 Å². The Labute approximate surface area is 403 Å². The third kappa shape index (κ3) is 25.7. The fraction of sp³-hybridized carbons (Fsp3) is 0.714. The number of aliphatic carboxylic acids is 4. The van der Waals surface area contributed by atoms with Crippen molar-refractivity contribution in [3.63, 3.8) is 0 Å². The smallest absolute Gasteiger partial charge is 0.326 e. The molecule has 27 heteroatoms. The number of amides is 8. The maximum absolute atomic E-state index is 13.7. The lowest BCUT2D eigenvalue weighted by Crippen LogP contribution is -2.60. The van der Waals surface area contributed by atoms with Crippen molar-refractivity contribution in [2.45, 2.75) is 167 Å². The molecule has 0 fully saturated rings. The summed E-state index contributed by atoms with van der Waals surface area (Å²) in [5, 5.41) is 66.4. The highest BCUT2D eigenvalue weighted by molar-refractivity contribution is 7.98. The van der Waals surface area contributed by atoms with E-state index in [0.29, 0.717) is 0 Å². The largest absolute Gasteiger partial charge is 0.481 e. The molecule has 0 radical (unpaired) electrons. The minimum absolute atomic E-state index is 0.00693. The zero-order valence-electron chi connectivity index (χ0n) is 40.1. The number of aliphatic hydroxyl groups is 1. The Morgan fingerprint density at radius 3 is 1.10 bits per heavy atom. The van der Waals surface area contributed by atoms with Gasteiger partial charge in [0.25, 0.3) is 0 Å². The third-order valence-corrected chi connectivity index (χ3v) is 10.7. The molecule has 15 N–H and O–H groups in total. The van der Waals surface area contributed by atoms with Gasteiger partial charge in [0, 0.05) is 19.3 Å². The van der Waals surface area contributed by atoms with Gasteiger partial charge in [0.05, 0.1) is 12.1 Å². The van der Waals surface area contributed by atoms with E-state index in [9.17, 15) is 83.1 Å². The maximum atomic E-state index is 13.7. The number of thioether (sulfide) groups is 1. The summed E-state index contributed by atoms with van der Waals surface area (Å²) in [4.78, 5) is 153. The van der Waals surface area contributed by atoms with E-state index < -0.39 is 170 Å². The van der Waals surface area contributed by atoms with Crippen molar-refractivity contribution >= 4 is 82.9 Å². The second-order valence-corrected chi connectivity index (χ2v) is 18.3. The van der Waals surface area contributed by atoms with E-state index in [2.05, 4.69) is 42.5 Å².